The van der Waals surface area contributed by atoms with E-state index in [0.29, 0.717) is 5.56 Å². The van der Waals surface area contributed by atoms with E-state index in [2.05, 4.69) is 20.4 Å². The summed E-state index contributed by atoms with van der Waals surface area (Å²) in [7, 11) is 2.56. The highest BCUT2D eigenvalue weighted by Gasteiger charge is 2.46. The van der Waals surface area contributed by atoms with Crippen LogP contribution in [0.2, 0.25) is 0 Å². The minimum absolute atomic E-state index is 0.00525. The van der Waals surface area contributed by atoms with E-state index in [0.717, 1.165) is 22.3 Å². The largest absolute Gasteiger partial charge is 0.496 e. The first-order chi connectivity index (χ1) is 17.3. The number of carbonyl (C=O) groups excluding carboxylic acids is 4. The van der Waals surface area contributed by atoms with Gasteiger partial charge in [-0.15, -0.1) is 11.3 Å². The van der Waals surface area contributed by atoms with Gasteiger partial charge in [0.2, 0.25) is 5.91 Å². The van der Waals surface area contributed by atoms with Crippen molar-refractivity contribution in [1.29, 1.82) is 0 Å². The van der Waals surface area contributed by atoms with E-state index in [1.165, 1.54) is 31.7 Å². The Kier molecular flexibility index (Phi) is 7.25. The number of thiazole rings is 1. The Morgan fingerprint density at radius 1 is 1.19 bits per heavy atom. The molecule has 2 atom stereocenters. The molecule has 0 saturated carbocycles. The van der Waals surface area contributed by atoms with Crippen molar-refractivity contribution in [1.82, 2.24) is 15.2 Å². The van der Waals surface area contributed by atoms with Crippen molar-refractivity contribution in [2.45, 2.75) is 18.5 Å². The number of nitrogens with zero attached hydrogens (tertiary/aromatic N) is 2. The zero-order valence-electron chi connectivity index (χ0n) is 19.2. The van der Waals surface area contributed by atoms with Gasteiger partial charge in [0.05, 0.1) is 14.2 Å². The van der Waals surface area contributed by atoms with Gasteiger partial charge < -0.3 is 20.1 Å². The van der Waals surface area contributed by atoms with Crippen molar-refractivity contribution in [2.24, 2.45) is 0 Å². The van der Waals surface area contributed by atoms with Crippen LogP contribution >= 0.6 is 11.3 Å². The monoisotopic (exact) mass is 512 g/mol. The number of benzene rings is 2. The number of ether oxygens (including phenoxy) is 2. The molecule has 186 valence electrons. The summed E-state index contributed by atoms with van der Waals surface area (Å²) in [4.78, 5) is 56.3. The van der Waals surface area contributed by atoms with Crippen LogP contribution in [0.25, 0.3) is 0 Å². The van der Waals surface area contributed by atoms with Crippen LogP contribution in [0.1, 0.15) is 27.7 Å². The highest BCUT2D eigenvalue weighted by molar-refractivity contribution is 7.14. The first-order valence-electron chi connectivity index (χ1n) is 10.7. The summed E-state index contributed by atoms with van der Waals surface area (Å²) < 4.78 is 23.8. The summed E-state index contributed by atoms with van der Waals surface area (Å²) in [5, 5.41) is 6.59. The maximum Gasteiger partial charge on any atom is 0.357 e. The van der Waals surface area contributed by atoms with Gasteiger partial charge in [-0.1, -0.05) is 30.3 Å². The van der Waals surface area contributed by atoms with Gasteiger partial charge >= 0.3 is 12.0 Å². The lowest BCUT2D eigenvalue weighted by atomic mass is 10.0. The van der Waals surface area contributed by atoms with E-state index in [4.69, 9.17) is 4.74 Å². The van der Waals surface area contributed by atoms with Crippen molar-refractivity contribution in [2.75, 3.05) is 19.5 Å². The van der Waals surface area contributed by atoms with Crippen LogP contribution in [0.15, 0.2) is 53.9 Å². The number of hydrogen-bond acceptors (Lipinski definition) is 8. The lowest BCUT2D eigenvalue weighted by Gasteiger charge is -2.24. The highest BCUT2D eigenvalue weighted by atomic mass is 32.1. The van der Waals surface area contributed by atoms with Crippen molar-refractivity contribution in [3.63, 3.8) is 0 Å². The van der Waals surface area contributed by atoms with Crippen LogP contribution in [0.3, 0.4) is 0 Å². The minimum atomic E-state index is -1.27. The maximum absolute atomic E-state index is 14.0. The van der Waals surface area contributed by atoms with Gasteiger partial charge in [0, 0.05) is 17.4 Å². The second kappa shape index (κ2) is 10.5. The molecule has 3 aromatic rings. The fraction of sp³-hybridized carbons (Fsp3) is 0.208. The van der Waals surface area contributed by atoms with Crippen LogP contribution in [0.5, 0.6) is 5.75 Å². The summed E-state index contributed by atoms with van der Waals surface area (Å²) in [6.07, 6.45) is 0.00801. The van der Waals surface area contributed by atoms with Crippen LogP contribution in [-0.2, 0) is 20.7 Å². The molecule has 10 nitrogen and oxygen atoms in total. The molecular formula is C24H21FN4O6S. The summed E-state index contributed by atoms with van der Waals surface area (Å²) in [6.45, 7) is 0. The Morgan fingerprint density at radius 3 is 2.64 bits per heavy atom. The lowest BCUT2D eigenvalue weighted by Crippen LogP contribution is -2.49. The van der Waals surface area contributed by atoms with Crippen molar-refractivity contribution in [3.05, 3.63) is 76.5 Å². The summed E-state index contributed by atoms with van der Waals surface area (Å²) in [5.41, 5.74) is 0.824. The van der Waals surface area contributed by atoms with Crippen LogP contribution in [0, 0.1) is 5.82 Å². The van der Waals surface area contributed by atoms with Gasteiger partial charge in [-0.2, -0.15) is 0 Å². The summed E-state index contributed by atoms with van der Waals surface area (Å²) in [5.74, 6) is -2.52. The number of anilines is 1. The Hall–Kier alpha value is -4.32. The first-order valence-corrected chi connectivity index (χ1v) is 11.6. The lowest BCUT2D eigenvalue weighted by molar-refractivity contribution is -0.134. The maximum atomic E-state index is 14.0. The molecule has 0 aliphatic carbocycles. The van der Waals surface area contributed by atoms with E-state index >= 15 is 0 Å². The number of halogens is 1. The van der Waals surface area contributed by atoms with E-state index in [1.807, 2.05) is 0 Å². The van der Waals surface area contributed by atoms with Gasteiger partial charge in [0.1, 0.15) is 23.7 Å². The highest BCUT2D eigenvalue weighted by Crippen LogP contribution is 2.32. The van der Waals surface area contributed by atoms with E-state index in [-0.39, 0.29) is 28.6 Å². The fourth-order valence-corrected chi connectivity index (χ4v) is 4.47. The second-order valence-electron chi connectivity index (χ2n) is 7.70. The smallest absolute Gasteiger partial charge is 0.357 e. The van der Waals surface area contributed by atoms with Gasteiger partial charge in [0.15, 0.2) is 10.8 Å². The molecule has 12 heteroatoms. The number of rotatable bonds is 8. The van der Waals surface area contributed by atoms with Crippen LogP contribution in [-0.4, -0.2) is 54.0 Å². The molecule has 0 spiro atoms. The molecule has 1 unspecified atom stereocenters. The molecule has 1 aliphatic heterocycles. The van der Waals surface area contributed by atoms with E-state index in [9.17, 15) is 23.6 Å². The predicted molar refractivity (Wildman–Crippen MR) is 127 cm³/mol. The number of nitrogens with one attached hydrogen (secondary N) is 2. The minimum Gasteiger partial charge on any atom is -0.496 e. The number of amides is 4. The molecule has 1 aliphatic rings. The number of hydrogen-bond donors (Lipinski definition) is 2. The van der Waals surface area contributed by atoms with Gasteiger partial charge in [-0.25, -0.2) is 23.9 Å². The Balaban J connectivity index is 1.65. The standard InChI is InChI=1S/C24H21FN4O6S/c1-34-18-9-8-14(25)11-15(18)19-21(31)29(24(33)27-19)17(10-13-6-4-3-5-7-13)20(30)28-23-26-16(12-36-23)22(32)35-2/h3-9,11-12,17,19H,10H2,1-2H3,(H,27,33)(H,26,28,30)/t17-,19?/m0/s1. The first kappa shape index (κ1) is 24.8. The molecule has 4 rings (SSSR count). The number of imide groups is 1. The zero-order chi connectivity index (χ0) is 25.8. The number of carbonyl (C=O) groups is 4. The van der Waals surface area contributed by atoms with E-state index < -0.39 is 41.7 Å². The Labute approximate surface area is 209 Å². The Morgan fingerprint density at radius 2 is 1.94 bits per heavy atom. The molecule has 1 saturated heterocycles. The average Bonchev–Trinajstić information content (AvgIpc) is 3.46. The molecule has 4 amide bonds. The fourth-order valence-electron chi connectivity index (χ4n) is 3.79. The Bertz CT molecular complexity index is 1310. The SMILES string of the molecule is COC(=O)c1csc(NC(=O)[C@H](Cc2ccccc2)N2C(=O)NC(c3cc(F)ccc3OC)C2=O)n1. The molecule has 0 bridgehead atoms. The van der Waals surface area contributed by atoms with Crippen molar-refractivity contribution < 1.29 is 33.0 Å². The van der Waals surface area contributed by atoms with Gasteiger partial charge in [-0.05, 0) is 23.8 Å². The van der Waals surface area contributed by atoms with Crippen LogP contribution < -0.4 is 15.4 Å². The molecule has 0 radical (unpaired) electrons. The zero-order valence-corrected chi connectivity index (χ0v) is 20.0. The predicted octanol–water partition coefficient (Wildman–Crippen LogP) is 2.92. The molecule has 2 heterocycles. The average molecular weight is 513 g/mol. The molecule has 36 heavy (non-hydrogen) atoms. The quantitative estimate of drug-likeness (QED) is 0.351. The van der Waals surface area contributed by atoms with Crippen LogP contribution in [0.4, 0.5) is 14.3 Å². The molecule has 2 aromatic carbocycles. The number of esters is 1. The number of urea groups is 1. The van der Waals surface area contributed by atoms with Crippen molar-refractivity contribution >= 4 is 40.3 Å². The number of aromatic nitrogens is 1. The summed E-state index contributed by atoms with van der Waals surface area (Å²) >= 11 is 0.987. The van der Waals surface area contributed by atoms with E-state index in [1.54, 1.807) is 30.3 Å². The third-order valence-electron chi connectivity index (χ3n) is 5.49. The molecule has 1 fully saturated rings. The molecule has 2 N–H and O–H groups in total. The molecule has 1 aromatic heterocycles. The van der Waals surface area contributed by atoms with Crippen molar-refractivity contribution in [3.8, 4) is 5.75 Å². The molecular weight excluding hydrogens is 491 g/mol. The van der Waals surface area contributed by atoms with Gasteiger partial charge in [-0.3, -0.25) is 9.59 Å². The third-order valence-corrected chi connectivity index (χ3v) is 6.25. The summed E-state index contributed by atoms with van der Waals surface area (Å²) in [6, 6.07) is 9.11. The third kappa shape index (κ3) is 5.03. The topological polar surface area (TPSA) is 127 Å². The number of methoxy groups -OCH3 is 2. The van der Waals surface area contributed by atoms with Gasteiger partial charge in [0.25, 0.3) is 5.91 Å². The normalized spacial score (nSPS) is 15.9. The second-order valence-corrected chi connectivity index (χ2v) is 8.56.